The van der Waals surface area contributed by atoms with Crippen LogP contribution in [0.1, 0.15) is 0 Å². The van der Waals surface area contributed by atoms with E-state index in [2.05, 4.69) is 21.2 Å². The van der Waals surface area contributed by atoms with Crippen LogP contribution in [0.3, 0.4) is 0 Å². The Morgan fingerprint density at radius 1 is 1.62 bits per heavy atom. The Bertz CT molecular complexity index is 148. The number of amides is 2. The number of alkyl halides is 1. The van der Waals surface area contributed by atoms with Gasteiger partial charge in [0.15, 0.2) is 0 Å². The Balaban J connectivity index is 2.64. The SMILES string of the molecule is O=C1NC(=O)C(Br)S1. The lowest BCUT2D eigenvalue weighted by atomic mass is 10.7. The van der Waals surface area contributed by atoms with Gasteiger partial charge in [-0.3, -0.25) is 14.9 Å². The maximum Gasteiger partial charge on any atom is 0.287 e. The lowest BCUT2D eigenvalue weighted by molar-refractivity contribution is -0.117. The van der Waals surface area contributed by atoms with Crippen molar-refractivity contribution in [1.82, 2.24) is 5.32 Å². The molecule has 1 rings (SSSR count). The van der Waals surface area contributed by atoms with Crippen molar-refractivity contribution in [2.45, 2.75) is 4.16 Å². The van der Waals surface area contributed by atoms with E-state index in [1.807, 2.05) is 0 Å². The first kappa shape index (κ1) is 6.10. The van der Waals surface area contributed by atoms with Crippen LogP contribution in [0.4, 0.5) is 4.79 Å². The van der Waals surface area contributed by atoms with E-state index in [1.54, 1.807) is 0 Å². The van der Waals surface area contributed by atoms with Crippen molar-refractivity contribution in [3.8, 4) is 0 Å². The molecule has 1 aliphatic heterocycles. The topological polar surface area (TPSA) is 46.2 Å². The molecule has 1 saturated heterocycles. The van der Waals surface area contributed by atoms with Crippen LogP contribution in [-0.4, -0.2) is 15.3 Å². The molecule has 2 amide bonds. The number of hydrogen-bond acceptors (Lipinski definition) is 3. The fraction of sp³-hybridized carbons (Fsp3) is 0.333. The van der Waals surface area contributed by atoms with Gasteiger partial charge in [0.25, 0.3) is 11.1 Å². The van der Waals surface area contributed by atoms with E-state index >= 15 is 0 Å². The van der Waals surface area contributed by atoms with E-state index in [0.29, 0.717) is 0 Å². The summed E-state index contributed by atoms with van der Waals surface area (Å²) in [6.07, 6.45) is 0. The maximum atomic E-state index is 10.4. The zero-order chi connectivity index (χ0) is 6.15. The highest BCUT2D eigenvalue weighted by atomic mass is 79.9. The number of thioether (sulfide) groups is 1. The molecular weight excluding hydrogens is 194 g/mol. The van der Waals surface area contributed by atoms with Gasteiger partial charge >= 0.3 is 0 Å². The average Bonchev–Trinajstić information content (AvgIpc) is 1.85. The van der Waals surface area contributed by atoms with Crippen LogP contribution >= 0.6 is 27.7 Å². The smallest absolute Gasteiger partial charge is 0.285 e. The minimum atomic E-state index is -0.380. The third-order valence-electron chi connectivity index (χ3n) is 0.642. The molecule has 0 saturated carbocycles. The van der Waals surface area contributed by atoms with E-state index in [0.717, 1.165) is 11.8 Å². The number of nitrogens with one attached hydrogen (secondary N) is 1. The molecular formula is C3H2BrNO2S. The standard InChI is InChI=1S/C3H2BrNO2S/c4-1-2(6)5-3(7)8-1/h1H,(H,5,6,7). The molecule has 8 heavy (non-hydrogen) atoms. The molecule has 0 aromatic carbocycles. The van der Waals surface area contributed by atoms with Gasteiger partial charge in [-0.2, -0.15) is 0 Å². The summed E-state index contributed by atoms with van der Waals surface area (Å²) < 4.78 is -0.380. The Morgan fingerprint density at radius 3 is 2.38 bits per heavy atom. The first-order valence-corrected chi connectivity index (χ1v) is 3.65. The molecule has 1 fully saturated rings. The number of carbonyl (C=O) groups is 2. The molecule has 0 aromatic heterocycles. The summed E-state index contributed by atoms with van der Waals surface area (Å²) in [5.41, 5.74) is 0. The van der Waals surface area contributed by atoms with Crippen LogP contribution in [0.25, 0.3) is 0 Å². The van der Waals surface area contributed by atoms with Crippen molar-refractivity contribution in [1.29, 1.82) is 0 Å². The molecule has 5 heteroatoms. The average molecular weight is 196 g/mol. The molecule has 3 nitrogen and oxygen atoms in total. The van der Waals surface area contributed by atoms with Gasteiger partial charge in [-0.05, 0) is 11.8 Å². The minimum absolute atomic E-state index is 0.264. The fourth-order valence-electron chi connectivity index (χ4n) is 0.334. The van der Waals surface area contributed by atoms with Crippen LogP contribution < -0.4 is 5.32 Å². The Hall–Kier alpha value is -0.0300. The lowest BCUT2D eigenvalue weighted by Crippen LogP contribution is -2.20. The van der Waals surface area contributed by atoms with Crippen LogP contribution in [0.2, 0.25) is 0 Å². The Labute approximate surface area is 58.3 Å². The lowest BCUT2D eigenvalue weighted by Gasteiger charge is -1.84. The van der Waals surface area contributed by atoms with Crippen molar-refractivity contribution in [3.63, 3.8) is 0 Å². The number of carbonyl (C=O) groups excluding carboxylic acids is 2. The summed E-state index contributed by atoms with van der Waals surface area (Å²) in [5.74, 6) is -0.264. The zero-order valence-electron chi connectivity index (χ0n) is 3.68. The predicted molar refractivity (Wildman–Crippen MR) is 33.8 cm³/mol. The molecule has 44 valence electrons. The van der Waals surface area contributed by atoms with E-state index in [-0.39, 0.29) is 15.3 Å². The van der Waals surface area contributed by atoms with Crippen LogP contribution in [0, 0.1) is 0 Å². The molecule has 0 spiro atoms. The molecule has 0 bridgehead atoms. The largest absolute Gasteiger partial charge is 0.287 e. The highest BCUT2D eigenvalue weighted by Crippen LogP contribution is 2.23. The molecule has 1 unspecified atom stereocenters. The molecule has 1 atom stereocenters. The van der Waals surface area contributed by atoms with E-state index in [9.17, 15) is 9.59 Å². The second-order valence-corrected chi connectivity index (χ2v) is 3.81. The summed E-state index contributed by atoms with van der Waals surface area (Å²) >= 11 is 3.92. The van der Waals surface area contributed by atoms with Gasteiger partial charge < -0.3 is 0 Å². The second kappa shape index (κ2) is 2.06. The van der Waals surface area contributed by atoms with E-state index in [4.69, 9.17) is 0 Å². The molecule has 0 aliphatic carbocycles. The Kier molecular flexibility index (Phi) is 1.57. The van der Waals surface area contributed by atoms with Crippen molar-refractivity contribution < 1.29 is 9.59 Å². The summed E-state index contributed by atoms with van der Waals surface area (Å²) in [4.78, 5) is 20.6. The quantitative estimate of drug-likeness (QED) is 0.579. The van der Waals surface area contributed by atoms with Gasteiger partial charge in [0.2, 0.25) is 0 Å². The third-order valence-corrected chi connectivity index (χ3v) is 2.36. The van der Waals surface area contributed by atoms with Crippen LogP contribution in [-0.2, 0) is 4.79 Å². The predicted octanol–water partition coefficient (Wildman–Crippen LogP) is 0.690. The van der Waals surface area contributed by atoms with Gasteiger partial charge in [-0.25, -0.2) is 0 Å². The van der Waals surface area contributed by atoms with E-state index in [1.165, 1.54) is 0 Å². The van der Waals surface area contributed by atoms with Crippen molar-refractivity contribution >= 4 is 38.8 Å². The first-order valence-electron chi connectivity index (χ1n) is 1.85. The number of halogens is 1. The Morgan fingerprint density at radius 2 is 2.25 bits per heavy atom. The first-order chi connectivity index (χ1) is 3.70. The minimum Gasteiger partial charge on any atom is -0.285 e. The number of imide groups is 1. The zero-order valence-corrected chi connectivity index (χ0v) is 6.08. The van der Waals surface area contributed by atoms with E-state index < -0.39 is 0 Å². The van der Waals surface area contributed by atoms with Crippen molar-refractivity contribution in [2.24, 2.45) is 0 Å². The van der Waals surface area contributed by atoms with Gasteiger partial charge in [-0.15, -0.1) is 0 Å². The van der Waals surface area contributed by atoms with Gasteiger partial charge in [0.05, 0.1) is 0 Å². The van der Waals surface area contributed by atoms with Crippen LogP contribution in [0.5, 0.6) is 0 Å². The highest BCUT2D eigenvalue weighted by Gasteiger charge is 2.28. The summed E-state index contributed by atoms with van der Waals surface area (Å²) in [5, 5.41) is 1.82. The van der Waals surface area contributed by atoms with Crippen LogP contribution in [0.15, 0.2) is 0 Å². The van der Waals surface area contributed by atoms with Crippen molar-refractivity contribution in [3.05, 3.63) is 0 Å². The van der Waals surface area contributed by atoms with Gasteiger partial charge in [0.1, 0.15) is 4.16 Å². The second-order valence-electron chi connectivity index (χ2n) is 1.21. The molecule has 1 aliphatic rings. The molecule has 1 N–H and O–H groups in total. The normalized spacial score (nSPS) is 28.4. The monoisotopic (exact) mass is 195 g/mol. The summed E-state index contributed by atoms with van der Waals surface area (Å²) in [6, 6.07) is 0. The maximum absolute atomic E-state index is 10.4. The summed E-state index contributed by atoms with van der Waals surface area (Å²) in [7, 11) is 0. The van der Waals surface area contributed by atoms with Crippen molar-refractivity contribution in [2.75, 3.05) is 0 Å². The van der Waals surface area contributed by atoms with Gasteiger partial charge in [0, 0.05) is 0 Å². The third kappa shape index (κ3) is 1.03. The van der Waals surface area contributed by atoms with Gasteiger partial charge in [-0.1, -0.05) is 15.9 Å². The molecule has 0 aromatic rings. The highest BCUT2D eigenvalue weighted by molar-refractivity contribution is 9.12. The number of hydrogen-bond donors (Lipinski definition) is 1. The summed E-state index contributed by atoms with van der Waals surface area (Å²) in [6.45, 7) is 0. The number of rotatable bonds is 0. The molecule has 1 heterocycles. The fourth-order valence-corrected chi connectivity index (χ4v) is 1.47. The molecule has 0 radical (unpaired) electrons.